The molecule has 0 aliphatic heterocycles. The number of nitrogens with one attached hydrogen (secondary N) is 2. The summed E-state index contributed by atoms with van der Waals surface area (Å²) in [5, 5.41) is 3.54. The Morgan fingerprint density at radius 2 is 1.67 bits per heavy atom. The zero-order valence-corrected chi connectivity index (χ0v) is 13.7. The van der Waals surface area contributed by atoms with Crippen LogP contribution in [-0.2, 0) is 10.0 Å². The molecule has 21 heavy (non-hydrogen) atoms. The van der Waals surface area contributed by atoms with E-state index >= 15 is 0 Å². The summed E-state index contributed by atoms with van der Waals surface area (Å²) in [5.74, 6) is 0.836. The van der Waals surface area contributed by atoms with Gasteiger partial charge in [0.15, 0.2) is 0 Å². The van der Waals surface area contributed by atoms with Gasteiger partial charge in [-0.1, -0.05) is 19.3 Å². The number of hydrogen-bond donors (Lipinski definition) is 2. The van der Waals surface area contributed by atoms with E-state index in [2.05, 4.69) is 17.0 Å². The van der Waals surface area contributed by atoms with Crippen molar-refractivity contribution < 1.29 is 8.42 Å². The van der Waals surface area contributed by atoms with Gasteiger partial charge in [-0.25, -0.2) is 8.42 Å². The van der Waals surface area contributed by atoms with Crippen molar-refractivity contribution in [3.8, 4) is 0 Å². The second-order valence-corrected chi connectivity index (χ2v) is 7.92. The van der Waals surface area contributed by atoms with Crippen LogP contribution >= 0.6 is 0 Å². The van der Waals surface area contributed by atoms with E-state index in [1.807, 2.05) is 24.3 Å². The molecule has 0 radical (unpaired) electrons. The molecule has 1 aliphatic carbocycles. The lowest BCUT2D eigenvalue weighted by Gasteiger charge is -2.29. The number of anilines is 2. The monoisotopic (exact) mass is 310 g/mol. The van der Waals surface area contributed by atoms with E-state index in [0.717, 1.165) is 11.6 Å². The quantitative estimate of drug-likeness (QED) is 0.839. The maximum atomic E-state index is 11.5. The summed E-state index contributed by atoms with van der Waals surface area (Å²) in [6.45, 7) is 3.87. The molecule has 5 heteroatoms. The second kappa shape index (κ2) is 7.16. The zero-order valence-electron chi connectivity index (χ0n) is 12.9. The van der Waals surface area contributed by atoms with E-state index in [1.165, 1.54) is 32.1 Å². The average Bonchev–Trinajstić information content (AvgIpc) is 2.50. The molecule has 0 heterocycles. The van der Waals surface area contributed by atoms with Gasteiger partial charge in [0.25, 0.3) is 0 Å². The maximum absolute atomic E-state index is 11.5. The number of rotatable bonds is 6. The highest BCUT2D eigenvalue weighted by molar-refractivity contribution is 7.92. The van der Waals surface area contributed by atoms with Gasteiger partial charge in [-0.15, -0.1) is 0 Å². The van der Waals surface area contributed by atoms with Crippen LogP contribution in [0.4, 0.5) is 11.4 Å². The lowest BCUT2D eigenvalue weighted by Crippen LogP contribution is -2.27. The molecule has 1 atom stereocenters. The SMILES string of the molecule is CCS(=O)(=O)Nc1ccc(NC(C)C2CCCCC2)cc1. The van der Waals surface area contributed by atoms with Crippen molar-refractivity contribution in [3.63, 3.8) is 0 Å². The van der Waals surface area contributed by atoms with Gasteiger partial charge in [-0.2, -0.15) is 0 Å². The molecule has 2 rings (SSSR count). The third-order valence-corrected chi connectivity index (χ3v) is 5.60. The smallest absolute Gasteiger partial charge is 0.232 e. The normalized spacial score (nSPS) is 18.2. The summed E-state index contributed by atoms with van der Waals surface area (Å²) in [6.07, 6.45) is 6.67. The van der Waals surface area contributed by atoms with Gasteiger partial charge >= 0.3 is 0 Å². The van der Waals surface area contributed by atoms with Gasteiger partial charge in [0.1, 0.15) is 0 Å². The molecule has 1 fully saturated rings. The van der Waals surface area contributed by atoms with Crippen molar-refractivity contribution in [2.75, 3.05) is 15.8 Å². The molecular formula is C16H26N2O2S. The molecule has 0 bridgehead atoms. The molecule has 1 aromatic carbocycles. The van der Waals surface area contributed by atoms with Gasteiger partial charge in [0.05, 0.1) is 5.75 Å². The molecule has 1 aliphatic rings. The van der Waals surface area contributed by atoms with Crippen molar-refractivity contribution in [1.29, 1.82) is 0 Å². The fourth-order valence-electron chi connectivity index (χ4n) is 2.90. The highest BCUT2D eigenvalue weighted by Gasteiger charge is 2.19. The maximum Gasteiger partial charge on any atom is 0.232 e. The Labute approximate surface area is 128 Å². The predicted octanol–water partition coefficient (Wildman–Crippen LogP) is 3.83. The summed E-state index contributed by atoms with van der Waals surface area (Å²) in [7, 11) is -3.20. The third-order valence-electron chi connectivity index (χ3n) is 4.29. The van der Waals surface area contributed by atoms with Crippen molar-refractivity contribution in [1.82, 2.24) is 0 Å². The summed E-state index contributed by atoms with van der Waals surface area (Å²) >= 11 is 0. The van der Waals surface area contributed by atoms with Crippen LogP contribution in [0, 0.1) is 5.92 Å². The first-order chi connectivity index (χ1) is 10.00. The number of benzene rings is 1. The lowest BCUT2D eigenvalue weighted by atomic mass is 9.84. The molecule has 1 aromatic rings. The van der Waals surface area contributed by atoms with Crippen LogP contribution in [0.25, 0.3) is 0 Å². The zero-order chi connectivity index (χ0) is 15.3. The van der Waals surface area contributed by atoms with Crippen LogP contribution in [0.1, 0.15) is 46.0 Å². The fraction of sp³-hybridized carbons (Fsp3) is 0.625. The van der Waals surface area contributed by atoms with Crippen LogP contribution in [0.3, 0.4) is 0 Å². The van der Waals surface area contributed by atoms with Crippen LogP contribution in [-0.4, -0.2) is 20.2 Å². The average molecular weight is 310 g/mol. The van der Waals surface area contributed by atoms with E-state index in [9.17, 15) is 8.42 Å². The van der Waals surface area contributed by atoms with E-state index in [4.69, 9.17) is 0 Å². The Morgan fingerprint density at radius 1 is 1.10 bits per heavy atom. The molecule has 0 amide bonds. The summed E-state index contributed by atoms with van der Waals surface area (Å²) in [4.78, 5) is 0. The lowest BCUT2D eigenvalue weighted by molar-refractivity contribution is 0.328. The van der Waals surface area contributed by atoms with Crippen molar-refractivity contribution in [2.24, 2.45) is 5.92 Å². The highest BCUT2D eigenvalue weighted by atomic mass is 32.2. The van der Waals surface area contributed by atoms with Gasteiger partial charge in [-0.3, -0.25) is 4.72 Å². The molecule has 0 aromatic heterocycles. The Kier molecular flexibility index (Phi) is 5.51. The van der Waals surface area contributed by atoms with Gasteiger partial charge in [0.2, 0.25) is 10.0 Å². The van der Waals surface area contributed by atoms with Crippen LogP contribution in [0.2, 0.25) is 0 Å². The minimum atomic E-state index is -3.20. The summed E-state index contributed by atoms with van der Waals surface area (Å²) < 4.78 is 25.6. The minimum Gasteiger partial charge on any atom is -0.382 e. The molecule has 118 valence electrons. The minimum absolute atomic E-state index is 0.0890. The molecule has 4 nitrogen and oxygen atoms in total. The van der Waals surface area contributed by atoms with E-state index in [1.54, 1.807) is 6.92 Å². The summed E-state index contributed by atoms with van der Waals surface area (Å²) in [6, 6.07) is 7.95. The third kappa shape index (κ3) is 4.92. The molecule has 0 spiro atoms. The summed E-state index contributed by atoms with van der Waals surface area (Å²) in [5.41, 5.74) is 1.67. The largest absolute Gasteiger partial charge is 0.382 e. The van der Waals surface area contributed by atoms with Gasteiger partial charge < -0.3 is 5.32 Å². The first kappa shape index (κ1) is 16.1. The van der Waals surface area contributed by atoms with E-state index < -0.39 is 10.0 Å². The Hall–Kier alpha value is -1.23. The Morgan fingerprint density at radius 3 is 2.24 bits per heavy atom. The standard InChI is InChI=1S/C16H26N2O2S/c1-3-21(19,20)18-16-11-9-15(10-12-16)17-13(2)14-7-5-4-6-8-14/h9-14,17-18H,3-8H2,1-2H3. The van der Waals surface area contributed by atoms with Crippen LogP contribution in [0.5, 0.6) is 0 Å². The fourth-order valence-corrected chi connectivity index (χ4v) is 3.54. The van der Waals surface area contributed by atoms with Crippen LogP contribution in [0.15, 0.2) is 24.3 Å². The molecule has 1 saturated carbocycles. The highest BCUT2D eigenvalue weighted by Crippen LogP contribution is 2.28. The second-order valence-electron chi connectivity index (χ2n) is 5.91. The molecule has 1 unspecified atom stereocenters. The van der Waals surface area contributed by atoms with Crippen molar-refractivity contribution in [3.05, 3.63) is 24.3 Å². The van der Waals surface area contributed by atoms with Crippen molar-refractivity contribution in [2.45, 2.75) is 52.0 Å². The van der Waals surface area contributed by atoms with E-state index in [-0.39, 0.29) is 5.75 Å². The molecular weight excluding hydrogens is 284 g/mol. The van der Waals surface area contributed by atoms with Gasteiger partial charge in [-0.05, 0) is 56.9 Å². The van der Waals surface area contributed by atoms with Crippen LogP contribution < -0.4 is 10.0 Å². The topological polar surface area (TPSA) is 58.2 Å². The molecule has 2 N–H and O–H groups in total. The first-order valence-electron chi connectivity index (χ1n) is 7.87. The van der Waals surface area contributed by atoms with Gasteiger partial charge in [0, 0.05) is 17.4 Å². The number of hydrogen-bond acceptors (Lipinski definition) is 3. The molecule has 0 saturated heterocycles. The Bertz CT molecular complexity index is 534. The first-order valence-corrected chi connectivity index (χ1v) is 9.52. The Balaban J connectivity index is 1.92. The van der Waals surface area contributed by atoms with E-state index in [0.29, 0.717) is 11.7 Å². The van der Waals surface area contributed by atoms with Crippen molar-refractivity contribution >= 4 is 21.4 Å². The number of sulfonamides is 1. The predicted molar refractivity (Wildman–Crippen MR) is 89.2 cm³/mol.